The molecule has 1 rings (SSSR count). The van der Waals surface area contributed by atoms with Crippen LogP contribution in [0.2, 0.25) is 5.02 Å². The first kappa shape index (κ1) is 24.6. The van der Waals surface area contributed by atoms with Gasteiger partial charge in [0.25, 0.3) is 0 Å². The maximum atomic E-state index is 13.1. The van der Waals surface area contributed by atoms with Crippen LogP contribution in [-0.4, -0.2) is 58.7 Å². The normalized spacial score (nSPS) is 11.6. The number of hydrogen-bond acceptors (Lipinski definition) is 4. The first-order valence-corrected chi connectivity index (χ1v) is 11.0. The average molecular weight is 438 g/mol. The van der Waals surface area contributed by atoms with Crippen LogP contribution < -0.4 is 10.0 Å². The molecule has 0 spiro atoms. The van der Waals surface area contributed by atoms with Gasteiger partial charge in [0, 0.05) is 39.4 Å². The topological polar surface area (TPSA) is 87.7 Å². The first-order chi connectivity index (χ1) is 13.2. The molecule has 0 aliphatic carbocycles. The van der Waals surface area contributed by atoms with Crippen LogP contribution in [0.25, 0.3) is 0 Å². The molecule has 160 valence electrons. The predicted molar refractivity (Wildman–Crippen MR) is 108 cm³/mol. The van der Waals surface area contributed by atoms with Crippen molar-refractivity contribution in [1.82, 2.24) is 14.9 Å². The summed E-state index contributed by atoms with van der Waals surface area (Å²) in [7, 11) is -2.21. The zero-order valence-corrected chi connectivity index (χ0v) is 18.1. The van der Waals surface area contributed by atoms with Crippen LogP contribution in [0.15, 0.2) is 23.1 Å². The smallest absolute Gasteiger partial charge is 0.317 e. The monoisotopic (exact) mass is 437 g/mol. The molecule has 0 saturated carbocycles. The van der Waals surface area contributed by atoms with Crippen molar-refractivity contribution in [2.75, 3.05) is 33.4 Å². The minimum absolute atomic E-state index is 0.0321. The van der Waals surface area contributed by atoms with E-state index in [1.54, 1.807) is 12.0 Å². The van der Waals surface area contributed by atoms with Crippen molar-refractivity contribution >= 4 is 27.7 Å². The number of sulfonamides is 1. The molecule has 0 bridgehead atoms. The summed E-state index contributed by atoms with van der Waals surface area (Å²) in [4.78, 5) is 13.8. The average Bonchev–Trinajstić information content (AvgIpc) is 2.58. The van der Waals surface area contributed by atoms with Crippen LogP contribution in [0, 0.1) is 5.82 Å². The molecule has 0 saturated heterocycles. The Morgan fingerprint density at radius 1 is 1.25 bits per heavy atom. The molecule has 2 N–H and O–H groups in total. The van der Waals surface area contributed by atoms with Gasteiger partial charge in [-0.2, -0.15) is 0 Å². The van der Waals surface area contributed by atoms with Crippen molar-refractivity contribution in [1.29, 1.82) is 0 Å². The molecule has 7 nitrogen and oxygen atoms in total. The third-order valence-electron chi connectivity index (χ3n) is 3.81. The molecule has 0 radical (unpaired) electrons. The molecule has 0 aromatic heterocycles. The summed E-state index contributed by atoms with van der Waals surface area (Å²) < 4.78 is 45.1. The number of benzene rings is 1. The van der Waals surface area contributed by atoms with Crippen molar-refractivity contribution in [3.63, 3.8) is 0 Å². The Labute approximate surface area is 171 Å². The lowest BCUT2D eigenvalue weighted by atomic mass is 10.3. The van der Waals surface area contributed by atoms with E-state index in [0.29, 0.717) is 32.5 Å². The molecule has 0 fully saturated rings. The van der Waals surface area contributed by atoms with Crippen molar-refractivity contribution in [3.8, 4) is 0 Å². The summed E-state index contributed by atoms with van der Waals surface area (Å²) in [5, 5.41) is 2.69. The highest BCUT2D eigenvalue weighted by molar-refractivity contribution is 7.89. The number of nitrogens with one attached hydrogen (secondary N) is 2. The van der Waals surface area contributed by atoms with Gasteiger partial charge in [0.1, 0.15) is 10.7 Å². The Morgan fingerprint density at radius 3 is 2.54 bits per heavy atom. The lowest BCUT2D eigenvalue weighted by molar-refractivity contribution is 0.166. The Hall–Kier alpha value is -1.42. The van der Waals surface area contributed by atoms with Crippen LogP contribution in [0.4, 0.5) is 9.18 Å². The van der Waals surface area contributed by atoms with E-state index in [1.807, 2.05) is 13.8 Å². The number of methoxy groups -OCH3 is 1. The highest BCUT2D eigenvalue weighted by atomic mass is 35.5. The molecule has 0 aliphatic rings. The number of urea groups is 1. The fraction of sp³-hybridized carbons (Fsp3) is 0.611. The molecule has 0 unspecified atom stereocenters. The highest BCUT2D eigenvalue weighted by Gasteiger charge is 2.18. The number of amides is 2. The van der Waals surface area contributed by atoms with Crippen LogP contribution in [0.1, 0.15) is 33.1 Å². The quantitative estimate of drug-likeness (QED) is 0.492. The van der Waals surface area contributed by atoms with E-state index < -0.39 is 15.8 Å². The lowest BCUT2D eigenvalue weighted by Crippen LogP contribution is -2.44. The van der Waals surface area contributed by atoms with E-state index in [2.05, 4.69) is 10.0 Å². The summed E-state index contributed by atoms with van der Waals surface area (Å²) in [6.07, 6.45) is 1.88. The number of unbranched alkanes of at least 4 members (excludes halogenated alkanes) is 1. The lowest BCUT2D eigenvalue weighted by Gasteiger charge is -2.24. The van der Waals surface area contributed by atoms with Gasteiger partial charge in [-0.15, -0.1) is 0 Å². The number of ether oxygens (including phenoxy) is 1. The third-order valence-corrected chi connectivity index (χ3v) is 5.75. The Kier molecular flexibility index (Phi) is 10.7. The molecule has 1 aromatic carbocycles. The highest BCUT2D eigenvalue weighted by Crippen LogP contribution is 2.21. The Balaban J connectivity index is 2.49. The van der Waals surface area contributed by atoms with Gasteiger partial charge in [0.2, 0.25) is 10.0 Å². The van der Waals surface area contributed by atoms with E-state index in [0.717, 1.165) is 24.6 Å². The van der Waals surface area contributed by atoms with Crippen molar-refractivity contribution in [2.24, 2.45) is 0 Å². The summed E-state index contributed by atoms with van der Waals surface area (Å²) >= 11 is 5.81. The maximum Gasteiger partial charge on any atom is 0.317 e. The van der Waals surface area contributed by atoms with Crippen LogP contribution in [0.3, 0.4) is 0 Å². The van der Waals surface area contributed by atoms with Gasteiger partial charge in [-0.25, -0.2) is 22.3 Å². The van der Waals surface area contributed by atoms with Gasteiger partial charge in [0.05, 0.1) is 5.02 Å². The second-order valence-electron chi connectivity index (χ2n) is 6.62. The summed E-state index contributed by atoms with van der Waals surface area (Å²) in [5.74, 6) is -0.600. The van der Waals surface area contributed by atoms with Crippen molar-refractivity contribution in [2.45, 2.75) is 44.0 Å². The van der Waals surface area contributed by atoms with Gasteiger partial charge < -0.3 is 15.0 Å². The first-order valence-electron chi connectivity index (χ1n) is 9.16. The largest absolute Gasteiger partial charge is 0.385 e. The number of nitrogens with zero attached hydrogens (tertiary/aromatic N) is 1. The van der Waals surface area contributed by atoms with E-state index >= 15 is 0 Å². The fourth-order valence-electron chi connectivity index (χ4n) is 2.46. The molecule has 0 aliphatic heterocycles. The number of carbonyl (C=O) groups excluding carboxylic acids is 1. The van der Waals surface area contributed by atoms with E-state index in [9.17, 15) is 17.6 Å². The van der Waals surface area contributed by atoms with Gasteiger partial charge in [0.15, 0.2) is 0 Å². The number of halogens is 2. The standard InChI is InChI=1S/C18H29ClFN3O4S/c1-14(2)22-18(24)23(11-6-12-27-3)10-5-4-9-21-28(25,26)17-8-7-15(20)13-16(17)19/h7-8,13-14,21H,4-6,9-12H2,1-3H3,(H,22,24). The van der Waals surface area contributed by atoms with Crippen LogP contribution >= 0.6 is 11.6 Å². The number of rotatable bonds is 12. The molecule has 28 heavy (non-hydrogen) atoms. The van der Waals surface area contributed by atoms with Crippen molar-refractivity contribution < 1.29 is 22.3 Å². The summed E-state index contributed by atoms with van der Waals surface area (Å²) in [6.45, 7) is 5.59. The molecule has 0 atom stereocenters. The Morgan fingerprint density at radius 2 is 1.93 bits per heavy atom. The molecular weight excluding hydrogens is 409 g/mol. The van der Waals surface area contributed by atoms with Gasteiger partial charge in [-0.05, 0) is 51.3 Å². The zero-order valence-electron chi connectivity index (χ0n) is 16.5. The van der Waals surface area contributed by atoms with Gasteiger partial charge >= 0.3 is 6.03 Å². The molecule has 2 amide bonds. The van der Waals surface area contributed by atoms with Crippen LogP contribution in [-0.2, 0) is 14.8 Å². The van der Waals surface area contributed by atoms with Gasteiger partial charge in [-0.1, -0.05) is 11.6 Å². The molecule has 0 heterocycles. The van der Waals surface area contributed by atoms with Gasteiger partial charge in [-0.3, -0.25) is 0 Å². The number of hydrogen-bond donors (Lipinski definition) is 2. The minimum Gasteiger partial charge on any atom is -0.385 e. The van der Waals surface area contributed by atoms with E-state index in [4.69, 9.17) is 16.3 Å². The SMILES string of the molecule is COCCCN(CCCCNS(=O)(=O)c1ccc(F)cc1Cl)C(=O)NC(C)C. The molecular formula is C18H29ClFN3O4S. The fourth-order valence-corrected chi connectivity index (χ4v) is 4.06. The van der Waals surface area contributed by atoms with Crippen LogP contribution in [0.5, 0.6) is 0 Å². The van der Waals surface area contributed by atoms with E-state index in [1.165, 1.54) is 0 Å². The minimum atomic E-state index is -3.82. The van der Waals surface area contributed by atoms with E-state index in [-0.39, 0.29) is 28.5 Å². The molecule has 10 heteroatoms. The predicted octanol–water partition coefficient (Wildman–Crippen LogP) is 2.99. The second-order valence-corrected chi connectivity index (χ2v) is 8.76. The molecule has 1 aromatic rings. The second kappa shape index (κ2) is 12.2. The Bertz CT molecular complexity index is 732. The third kappa shape index (κ3) is 8.72. The summed E-state index contributed by atoms with van der Waals surface area (Å²) in [5.41, 5.74) is 0. The maximum absolute atomic E-state index is 13.1. The van der Waals surface area contributed by atoms with Crippen molar-refractivity contribution in [3.05, 3.63) is 29.0 Å². The number of carbonyl (C=O) groups is 1. The zero-order chi connectivity index (χ0) is 21.2. The summed E-state index contributed by atoms with van der Waals surface area (Å²) in [6, 6.07) is 3.02.